The fourth-order valence-corrected chi connectivity index (χ4v) is 3.92. The number of benzene rings is 2. The van der Waals surface area contributed by atoms with Crippen LogP contribution in [0.4, 0.5) is 5.69 Å². The van der Waals surface area contributed by atoms with Crippen LogP contribution in [0.25, 0.3) is 0 Å². The Morgan fingerprint density at radius 2 is 1.80 bits per heavy atom. The van der Waals surface area contributed by atoms with Crippen LogP contribution in [0, 0.1) is 16.0 Å². The first kappa shape index (κ1) is 17.1. The Bertz CT molecular complexity index is 787. The first-order valence-electron chi connectivity index (χ1n) is 8.43. The Hall–Kier alpha value is -2.69. The molecular formula is C20H21NO4. The second-order valence-electron chi connectivity index (χ2n) is 6.90. The fourth-order valence-electron chi connectivity index (χ4n) is 3.92. The van der Waals surface area contributed by atoms with Gasteiger partial charge in [0.15, 0.2) is 0 Å². The van der Waals surface area contributed by atoms with Crippen LogP contribution < -0.4 is 0 Å². The van der Waals surface area contributed by atoms with Gasteiger partial charge in [0.25, 0.3) is 5.69 Å². The molecule has 25 heavy (non-hydrogen) atoms. The normalized spacial score (nSPS) is 22.8. The van der Waals surface area contributed by atoms with Gasteiger partial charge in [-0.3, -0.25) is 14.9 Å². The molecule has 0 bridgehead atoms. The molecule has 0 unspecified atom stereocenters. The highest BCUT2D eigenvalue weighted by Crippen LogP contribution is 2.50. The van der Waals surface area contributed by atoms with Crippen LogP contribution in [0.2, 0.25) is 0 Å². The van der Waals surface area contributed by atoms with Crippen molar-refractivity contribution in [1.29, 1.82) is 0 Å². The third-order valence-electron chi connectivity index (χ3n) is 4.87. The summed E-state index contributed by atoms with van der Waals surface area (Å²) in [5.41, 5.74) is 0.550. The molecule has 1 aliphatic rings. The topological polar surface area (TPSA) is 69.4 Å². The molecule has 0 saturated carbocycles. The van der Waals surface area contributed by atoms with Crippen molar-refractivity contribution in [3.63, 3.8) is 0 Å². The van der Waals surface area contributed by atoms with Crippen molar-refractivity contribution in [2.45, 2.75) is 31.6 Å². The molecule has 3 rings (SSSR count). The highest BCUT2D eigenvalue weighted by atomic mass is 16.6. The van der Waals surface area contributed by atoms with E-state index < -0.39 is 5.41 Å². The molecule has 2 aromatic rings. The zero-order chi connectivity index (χ0) is 18.0. The summed E-state index contributed by atoms with van der Waals surface area (Å²) in [7, 11) is 0. The van der Waals surface area contributed by atoms with Crippen LogP contribution in [0.3, 0.4) is 0 Å². The van der Waals surface area contributed by atoms with Gasteiger partial charge in [0, 0.05) is 17.5 Å². The van der Waals surface area contributed by atoms with Crippen LogP contribution in [-0.2, 0) is 14.9 Å². The number of carbonyl (C=O) groups is 1. The predicted molar refractivity (Wildman–Crippen MR) is 94.4 cm³/mol. The molecule has 0 radical (unpaired) electrons. The van der Waals surface area contributed by atoms with Crippen molar-refractivity contribution in [1.82, 2.24) is 0 Å². The molecule has 1 fully saturated rings. The van der Waals surface area contributed by atoms with E-state index in [1.54, 1.807) is 18.2 Å². The van der Waals surface area contributed by atoms with Gasteiger partial charge in [0.05, 0.1) is 11.5 Å². The largest absolute Gasteiger partial charge is 0.464 e. The highest BCUT2D eigenvalue weighted by Gasteiger charge is 2.55. The minimum absolute atomic E-state index is 0.0369. The number of nitro groups is 1. The first-order chi connectivity index (χ1) is 12.0. The average molecular weight is 339 g/mol. The molecule has 0 amide bonds. The van der Waals surface area contributed by atoms with Crippen molar-refractivity contribution < 1.29 is 14.5 Å². The number of para-hydroxylation sites is 1. The number of cyclic esters (lactones) is 1. The van der Waals surface area contributed by atoms with E-state index in [0.29, 0.717) is 12.0 Å². The third kappa shape index (κ3) is 2.90. The van der Waals surface area contributed by atoms with E-state index in [1.165, 1.54) is 6.07 Å². The number of hydrogen-bond donors (Lipinski definition) is 0. The summed E-state index contributed by atoms with van der Waals surface area (Å²) in [6.45, 7) is 4.25. The summed E-state index contributed by atoms with van der Waals surface area (Å²) in [6.07, 6.45) is 0.576. The molecule has 0 aromatic heterocycles. The van der Waals surface area contributed by atoms with Crippen LogP contribution in [0.5, 0.6) is 0 Å². The predicted octanol–water partition coefficient (Wildman–Crippen LogP) is 4.22. The fraction of sp³-hybridized carbons (Fsp3) is 0.350. The standard InChI is InChI=1S/C20H21NO4/c1-14(2)12-20(15-8-4-3-5-9-15)17(13-25-19(20)22)16-10-6-7-11-18(16)21(23)24/h3-11,14,17H,12-13H2,1-2H3/t17-,20-/m0/s1. The second-order valence-corrected chi connectivity index (χ2v) is 6.90. The summed E-state index contributed by atoms with van der Waals surface area (Å²) in [4.78, 5) is 24.0. The maximum absolute atomic E-state index is 12.9. The second kappa shape index (κ2) is 6.67. The van der Waals surface area contributed by atoms with E-state index in [4.69, 9.17) is 4.74 Å². The third-order valence-corrected chi connectivity index (χ3v) is 4.87. The summed E-state index contributed by atoms with van der Waals surface area (Å²) >= 11 is 0. The summed E-state index contributed by atoms with van der Waals surface area (Å²) in [6, 6.07) is 16.1. The minimum Gasteiger partial charge on any atom is -0.464 e. The monoisotopic (exact) mass is 339 g/mol. The Kier molecular flexibility index (Phi) is 4.57. The first-order valence-corrected chi connectivity index (χ1v) is 8.43. The Labute approximate surface area is 146 Å². The maximum atomic E-state index is 12.9. The van der Waals surface area contributed by atoms with Crippen molar-refractivity contribution >= 4 is 11.7 Å². The zero-order valence-corrected chi connectivity index (χ0v) is 14.3. The van der Waals surface area contributed by atoms with Crippen molar-refractivity contribution in [3.05, 3.63) is 75.8 Å². The van der Waals surface area contributed by atoms with Crippen LogP contribution >= 0.6 is 0 Å². The molecule has 1 aliphatic heterocycles. The van der Waals surface area contributed by atoms with E-state index >= 15 is 0 Å². The number of esters is 1. The van der Waals surface area contributed by atoms with Gasteiger partial charge < -0.3 is 4.74 Å². The van der Waals surface area contributed by atoms with Crippen molar-refractivity contribution in [2.75, 3.05) is 6.61 Å². The summed E-state index contributed by atoms with van der Waals surface area (Å²) < 4.78 is 5.46. The number of ether oxygens (including phenoxy) is 1. The molecule has 2 atom stereocenters. The van der Waals surface area contributed by atoms with Gasteiger partial charge in [-0.25, -0.2) is 0 Å². The number of rotatable bonds is 5. The van der Waals surface area contributed by atoms with Crippen molar-refractivity contribution in [2.24, 2.45) is 5.92 Å². The highest BCUT2D eigenvalue weighted by molar-refractivity contribution is 5.87. The Morgan fingerprint density at radius 3 is 2.44 bits per heavy atom. The van der Waals surface area contributed by atoms with E-state index in [0.717, 1.165) is 5.56 Å². The number of nitro benzene ring substituents is 1. The lowest BCUT2D eigenvalue weighted by molar-refractivity contribution is -0.385. The molecule has 0 spiro atoms. The van der Waals surface area contributed by atoms with Gasteiger partial charge in [0.1, 0.15) is 5.41 Å². The van der Waals surface area contributed by atoms with Gasteiger partial charge >= 0.3 is 5.97 Å². The van der Waals surface area contributed by atoms with Gasteiger partial charge in [-0.1, -0.05) is 62.4 Å². The smallest absolute Gasteiger partial charge is 0.317 e. The summed E-state index contributed by atoms with van der Waals surface area (Å²) in [5, 5.41) is 11.5. The molecule has 130 valence electrons. The summed E-state index contributed by atoms with van der Waals surface area (Å²) in [5.74, 6) is -0.446. The van der Waals surface area contributed by atoms with Gasteiger partial charge in [-0.05, 0) is 17.9 Å². The minimum atomic E-state index is -0.901. The lowest BCUT2D eigenvalue weighted by atomic mass is 9.65. The SMILES string of the molecule is CC(C)C[C@@]1(c2ccccc2)C(=O)OC[C@H]1c1ccccc1[N+](=O)[O-]. The van der Waals surface area contributed by atoms with Gasteiger partial charge in [-0.2, -0.15) is 0 Å². The van der Waals surface area contributed by atoms with E-state index in [1.807, 2.05) is 44.2 Å². The lowest BCUT2D eigenvalue weighted by Crippen LogP contribution is -2.38. The number of hydrogen-bond acceptors (Lipinski definition) is 4. The van der Waals surface area contributed by atoms with Crippen LogP contribution in [0.1, 0.15) is 37.3 Å². The average Bonchev–Trinajstić information content (AvgIpc) is 2.92. The number of nitrogens with zero attached hydrogens (tertiary/aromatic N) is 1. The molecule has 5 nitrogen and oxygen atoms in total. The van der Waals surface area contributed by atoms with E-state index in [2.05, 4.69) is 0 Å². The molecule has 5 heteroatoms. The molecule has 1 saturated heterocycles. The maximum Gasteiger partial charge on any atom is 0.317 e. The van der Waals surface area contributed by atoms with E-state index in [9.17, 15) is 14.9 Å². The molecule has 0 N–H and O–H groups in total. The molecule has 1 heterocycles. The Balaban J connectivity index is 2.21. The van der Waals surface area contributed by atoms with Gasteiger partial charge in [0.2, 0.25) is 0 Å². The van der Waals surface area contributed by atoms with Crippen LogP contribution in [0.15, 0.2) is 54.6 Å². The quantitative estimate of drug-likeness (QED) is 0.464. The number of carbonyl (C=O) groups excluding carboxylic acids is 1. The molecule has 2 aromatic carbocycles. The van der Waals surface area contributed by atoms with Crippen LogP contribution in [-0.4, -0.2) is 17.5 Å². The van der Waals surface area contributed by atoms with Gasteiger partial charge in [-0.15, -0.1) is 0 Å². The van der Waals surface area contributed by atoms with E-state index in [-0.39, 0.29) is 35.0 Å². The Morgan fingerprint density at radius 1 is 1.16 bits per heavy atom. The lowest BCUT2D eigenvalue weighted by Gasteiger charge is -2.33. The van der Waals surface area contributed by atoms with Crippen molar-refractivity contribution in [3.8, 4) is 0 Å². The zero-order valence-electron chi connectivity index (χ0n) is 14.3. The molecular weight excluding hydrogens is 318 g/mol. The molecule has 0 aliphatic carbocycles.